The summed E-state index contributed by atoms with van der Waals surface area (Å²) in [5, 5.41) is 2.46. The number of carbonyl (C=O) groups excluding carboxylic acids is 1. The molecule has 0 unspecified atom stereocenters. The summed E-state index contributed by atoms with van der Waals surface area (Å²) >= 11 is 17.1. The maximum absolute atomic E-state index is 13.7. The Kier molecular flexibility index (Phi) is 8.34. The van der Waals surface area contributed by atoms with Crippen molar-refractivity contribution in [1.29, 1.82) is 0 Å². The van der Waals surface area contributed by atoms with E-state index >= 15 is 0 Å². The van der Waals surface area contributed by atoms with E-state index in [4.69, 9.17) is 39.5 Å². The van der Waals surface area contributed by atoms with Gasteiger partial charge in [0, 0.05) is 11.8 Å². The molecule has 17 heteroatoms. The third kappa shape index (κ3) is 6.94. The van der Waals surface area contributed by atoms with Crippen LogP contribution in [-0.2, 0) is 22.5 Å². The lowest BCUT2D eigenvalue weighted by molar-refractivity contribution is -0.138. The molecule has 0 heterocycles. The van der Waals surface area contributed by atoms with Gasteiger partial charge in [0.15, 0.2) is 5.75 Å². The molecule has 0 aromatic heterocycles. The molecule has 2 amide bonds. The number of ether oxygens (including phenoxy) is 1. The Morgan fingerprint density at radius 2 is 1.39 bits per heavy atom. The maximum Gasteiger partial charge on any atom is 0.418 e. The number of nitrogens with one attached hydrogen (secondary N) is 2. The predicted octanol–water partition coefficient (Wildman–Crippen LogP) is 8.37. The normalized spacial score (nSPS) is 12.3. The minimum atomic E-state index is -5.09. The van der Waals surface area contributed by atoms with E-state index in [-0.39, 0.29) is 10.0 Å². The molecular weight excluding hydrogens is 613 g/mol. The first-order valence-corrected chi connectivity index (χ1v) is 12.2. The zero-order valence-electron chi connectivity index (χ0n) is 18.0. The van der Waals surface area contributed by atoms with E-state index in [0.717, 1.165) is 30.3 Å². The van der Waals surface area contributed by atoms with E-state index in [2.05, 4.69) is 0 Å². The zero-order chi connectivity index (χ0) is 28.6. The number of amides is 2. The van der Waals surface area contributed by atoms with Crippen molar-refractivity contribution >= 4 is 62.3 Å². The number of carbonyl (C=O) groups is 1. The van der Waals surface area contributed by atoms with E-state index < -0.39 is 72.4 Å². The van der Waals surface area contributed by atoms with Crippen molar-refractivity contribution in [3.05, 3.63) is 74.7 Å². The van der Waals surface area contributed by atoms with E-state index in [9.17, 15) is 44.1 Å². The van der Waals surface area contributed by atoms with Crippen molar-refractivity contribution in [2.75, 3.05) is 10.6 Å². The van der Waals surface area contributed by atoms with Crippen LogP contribution in [0.25, 0.3) is 0 Å². The molecular formula is C21H11Cl3F6N2O5S. The fourth-order valence-corrected chi connectivity index (χ4v) is 4.22. The van der Waals surface area contributed by atoms with E-state index in [1.807, 2.05) is 10.6 Å². The Labute approximate surface area is 225 Å². The van der Waals surface area contributed by atoms with Crippen molar-refractivity contribution in [3.8, 4) is 11.5 Å². The Morgan fingerprint density at radius 1 is 0.789 bits per heavy atom. The SMILES string of the molecule is O=C(Nc1ccc(Cl)c(C(F)(F)F)c1)Nc1c(Oc2cc(Cl)c(Cl)cc2S(=O)(=O)O)cccc1C(F)(F)F. The molecule has 0 aliphatic heterocycles. The Hall–Kier alpha value is -2.91. The molecule has 38 heavy (non-hydrogen) atoms. The molecule has 0 bridgehead atoms. The van der Waals surface area contributed by atoms with Crippen LogP contribution in [0, 0.1) is 0 Å². The summed E-state index contributed by atoms with van der Waals surface area (Å²) < 4.78 is 119. The van der Waals surface area contributed by atoms with Gasteiger partial charge in [0.25, 0.3) is 10.1 Å². The van der Waals surface area contributed by atoms with E-state index in [1.165, 1.54) is 0 Å². The van der Waals surface area contributed by atoms with Crippen molar-refractivity contribution in [2.24, 2.45) is 0 Å². The quantitative estimate of drug-likeness (QED) is 0.196. The van der Waals surface area contributed by atoms with Gasteiger partial charge in [-0.05, 0) is 36.4 Å². The van der Waals surface area contributed by atoms with Gasteiger partial charge >= 0.3 is 18.4 Å². The standard InChI is InChI=1S/C21H11Cl3F6N2O5S/c22-12-5-4-9(6-11(12)21(28,29)30)31-19(33)32-18-10(20(25,26)27)2-1-3-15(18)37-16-7-13(23)14(24)8-17(16)38(34,35)36/h1-8H,(H2,31,32,33)(H,34,35,36). The average molecular weight is 624 g/mol. The largest absolute Gasteiger partial charge is 0.454 e. The van der Waals surface area contributed by atoms with Gasteiger partial charge in [-0.2, -0.15) is 34.8 Å². The Bertz CT molecular complexity index is 1510. The predicted molar refractivity (Wildman–Crippen MR) is 127 cm³/mol. The highest BCUT2D eigenvalue weighted by Gasteiger charge is 2.36. The highest BCUT2D eigenvalue weighted by molar-refractivity contribution is 7.86. The fraction of sp³-hybridized carbons (Fsp3) is 0.0952. The second-order valence-corrected chi connectivity index (χ2v) is 9.85. The Balaban J connectivity index is 2.04. The van der Waals surface area contributed by atoms with Crippen LogP contribution in [0.3, 0.4) is 0 Å². The van der Waals surface area contributed by atoms with Crippen LogP contribution in [0.15, 0.2) is 53.4 Å². The number of rotatable bonds is 5. The lowest BCUT2D eigenvalue weighted by atomic mass is 10.1. The molecule has 7 nitrogen and oxygen atoms in total. The van der Waals surface area contributed by atoms with Gasteiger partial charge in [0.05, 0.1) is 31.9 Å². The van der Waals surface area contributed by atoms with Gasteiger partial charge in [-0.25, -0.2) is 4.79 Å². The van der Waals surface area contributed by atoms with Crippen molar-refractivity contribution in [1.82, 2.24) is 0 Å². The highest BCUT2D eigenvalue weighted by atomic mass is 35.5. The molecule has 0 aliphatic carbocycles. The van der Waals surface area contributed by atoms with E-state index in [0.29, 0.717) is 18.2 Å². The molecule has 0 fully saturated rings. The summed E-state index contributed by atoms with van der Waals surface area (Å²) in [7, 11) is -5.02. The number of anilines is 2. The lowest BCUT2D eigenvalue weighted by Crippen LogP contribution is -2.22. The van der Waals surface area contributed by atoms with Crippen LogP contribution >= 0.6 is 34.8 Å². The molecule has 0 aliphatic rings. The molecule has 3 aromatic rings. The third-order valence-corrected chi connectivity index (χ3v) is 6.51. The second kappa shape index (κ2) is 10.7. The number of hydrogen-bond acceptors (Lipinski definition) is 4. The third-order valence-electron chi connectivity index (χ3n) is 4.58. The van der Waals surface area contributed by atoms with Crippen LogP contribution in [0.5, 0.6) is 11.5 Å². The molecule has 3 aromatic carbocycles. The smallest absolute Gasteiger partial charge is 0.418 e. The minimum absolute atomic E-state index is 0.295. The minimum Gasteiger partial charge on any atom is -0.454 e. The van der Waals surface area contributed by atoms with E-state index in [1.54, 1.807) is 0 Å². The van der Waals surface area contributed by atoms with Crippen LogP contribution in [0.4, 0.5) is 42.5 Å². The van der Waals surface area contributed by atoms with Gasteiger partial charge in [0.2, 0.25) is 0 Å². The number of hydrogen-bond donors (Lipinski definition) is 3. The summed E-state index contributed by atoms with van der Waals surface area (Å²) in [6.07, 6.45) is -9.98. The molecule has 0 radical (unpaired) electrons. The topological polar surface area (TPSA) is 105 Å². The molecule has 0 spiro atoms. The number of urea groups is 1. The summed E-state index contributed by atoms with van der Waals surface area (Å²) in [6.45, 7) is 0. The van der Waals surface area contributed by atoms with Gasteiger partial charge in [-0.3, -0.25) is 4.55 Å². The maximum atomic E-state index is 13.7. The highest BCUT2D eigenvalue weighted by Crippen LogP contribution is 2.44. The number of alkyl halides is 6. The molecule has 0 saturated heterocycles. The number of benzene rings is 3. The molecule has 3 rings (SSSR count). The fourth-order valence-electron chi connectivity index (χ4n) is 2.99. The van der Waals surface area contributed by atoms with Gasteiger partial charge in [0.1, 0.15) is 10.6 Å². The summed E-state index contributed by atoms with van der Waals surface area (Å²) in [5.41, 5.74) is -4.29. The first-order valence-electron chi connectivity index (χ1n) is 9.67. The lowest BCUT2D eigenvalue weighted by Gasteiger charge is -2.19. The first kappa shape index (κ1) is 29.6. The summed E-state index contributed by atoms with van der Waals surface area (Å²) in [4.78, 5) is 11.5. The van der Waals surface area contributed by atoms with Gasteiger partial charge < -0.3 is 15.4 Å². The van der Waals surface area contributed by atoms with Crippen LogP contribution in [0.1, 0.15) is 11.1 Å². The molecule has 204 valence electrons. The zero-order valence-corrected chi connectivity index (χ0v) is 21.1. The number of para-hydroxylation sites is 1. The molecule has 0 atom stereocenters. The van der Waals surface area contributed by atoms with Gasteiger partial charge in [-0.15, -0.1) is 0 Å². The number of halogens is 9. The van der Waals surface area contributed by atoms with Crippen LogP contribution < -0.4 is 15.4 Å². The average Bonchev–Trinajstić information content (AvgIpc) is 2.76. The second-order valence-electron chi connectivity index (χ2n) is 7.24. The molecule has 3 N–H and O–H groups in total. The van der Waals surface area contributed by atoms with Crippen LogP contribution in [0.2, 0.25) is 15.1 Å². The van der Waals surface area contributed by atoms with Crippen LogP contribution in [-0.4, -0.2) is 19.0 Å². The van der Waals surface area contributed by atoms with Crippen molar-refractivity contribution in [3.63, 3.8) is 0 Å². The Morgan fingerprint density at radius 3 is 1.97 bits per heavy atom. The monoisotopic (exact) mass is 622 g/mol. The van der Waals surface area contributed by atoms with Crippen molar-refractivity contribution in [2.45, 2.75) is 17.2 Å². The first-order chi connectivity index (χ1) is 17.4. The van der Waals surface area contributed by atoms with Crippen molar-refractivity contribution < 1.29 is 48.8 Å². The van der Waals surface area contributed by atoms with Gasteiger partial charge in [-0.1, -0.05) is 40.9 Å². The molecule has 0 saturated carbocycles. The summed E-state index contributed by atoms with van der Waals surface area (Å²) in [6, 6.07) is 4.62. The summed E-state index contributed by atoms with van der Waals surface area (Å²) in [5.74, 6) is -1.53.